The van der Waals surface area contributed by atoms with E-state index in [2.05, 4.69) is 10.6 Å². The summed E-state index contributed by atoms with van der Waals surface area (Å²) < 4.78 is 5.28. The van der Waals surface area contributed by atoms with E-state index in [1.54, 1.807) is 0 Å². The van der Waals surface area contributed by atoms with E-state index in [-0.39, 0.29) is 30.5 Å². The number of nitrogens with two attached hydrogens (primary N) is 1. The molecule has 1 fully saturated rings. The summed E-state index contributed by atoms with van der Waals surface area (Å²) in [6.45, 7) is 4.07. The van der Waals surface area contributed by atoms with Crippen LogP contribution in [0, 0.1) is 5.92 Å². The number of carbonyl (C=O) groups excluding carboxylic acids is 2. The van der Waals surface area contributed by atoms with E-state index >= 15 is 0 Å². The first-order valence-corrected chi connectivity index (χ1v) is 9.00. The van der Waals surface area contributed by atoms with Crippen molar-refractivity contribution in [3.8, 4) is 0 Å². The van der Waals surface area contributed by atoms with E-state index in [1.807, 2.05) is 44.2 Å². The molecule has 6 nitrogen and oxygen atoms in total. The lowest BCUT2D eigenvalue weighted by molar-refractivity contribution is -0.124. The number of ether oxygens (including phenoxy) is 1. The third kappa shape index (κ3) is 6.05. The highest BCUT2D eigenvalue weighted by Crippen LogP contribution is 2.19. The standard InChI is InChI=1S/C19H29N3O3/c1-13(2)17(20)18(23)21-15-10-6-7-11-16(15)22-19(24)25-12-14-8-4-3-5-9-14/h3-5,8-9,13,15-17H,6-7,10-12,20H2,1-2H3,(H,21,23)(H,22,24)/t15-,16-,17-/m0/s1. The molecule has 3 atom stereocenters. The zero-order valence-corrected chi connectivity index (χ0v) is 15.0. The van der Waals surface area contributed by atoms with Crippen LogP contribution < -0.4 is 16.4 Å². The van der Waals surface area contributed by atoms with Crippen molar-refractivity contribution >= 4 is 12.0 Å². The molecule has 0 heterocycles. The van der Waals surface area contributed by atoms with E-state index in [0.717, 1.165) is 31.2 Å². The Morgan fingerprint density at radius 2 is 1.72 bits per heavy atom. The molecule has 1 aliphatic rings. The second-order valence-corrected chi connectivity index (χ2v) is 6.98. The summed E-state index contributed by atoms with van der Waals surface area (Å²) in [5.74, 6) is -0.0859. The normalized spacial score (nSPS) is 21.4. The first-order valence-electron chi connectivity index (χ1n) is 9.00. The topological polar surface area (TPSA) is 93.5 Å². The Balaban J connectivity index is 1.85. The number of hydrogen-bond acceptors (Lipinski definition) is 4. The lowest BCUT2D eigenvalue weighted by Gasteiger charge is -2.33. The van der Waals surface area contributed by atoms with Crippen molar-refractivity contribution in [2.24, 2.45) is 11.7 Å². The van der Waals surface area contributed by atoms with Crippen molar-refractivity contribution < 1.29 is 14.3 Å². The largest absolute Gasteiger partial charge is 0.445 e. The second-order valence-electron chi connectivity index (χ2n) is 6.98. The SMILES string of the molecule is CC(C)[C@H](N)C(=O)N[C@H]1CCCC[C@@H]1NC(=O)OCc1ccccc1. The van der Waals surface area contributed by atoms with Crippen LogP contribution in [-0.2, 0) is 16.1 Å². The number of hydrogen-bond donors (Lipinski definition) is 3. The number of amides is 2. The first-order chi connectivity index (χ1) is 12.0. The van der Waals surface area contributed by atoms with Gasteiger partial charge in [-0.25, -0.2) is 4.79 Å². The molecule has 1 saturated carbocycles. The van der Waals surface area contributed by atoms with Gasteiger partial charge >= 0.3 is 6.09 Å². The average molecular weight is 347 g/mol. The van der Waals surface area contributed by atoms with Gasteiger partial charge in [-0.3, -0.25) is 4.79 Å². The Bertz CT molecular complexity index is 562. The summed E-state index contributed by atoms with van der Waals surface area (Å²) in [6.07, 6.45) is 3.25. The minimum absolute atomic E-state index is 0.0748. The molecule has 0 unspecified atom stereocenters. The monoisotopic (exact) mass is 347 g/mol. The fraction of sp³-hybridized carbons (Fsp3) is 0.579. The first kappa shape index (κ1) is 19.2. The molecule has 0 aliphatic heterocycles. The van der Waals surface area contributed by atoms with Gasteiger partial charge in [0, 0.05) is 6.04 Å². The average Bonchev–Trinajstić information content (AvgIpc) is 2.61. The quantitative estimate of drug-likeness (QED) is 0.736. The number of nitrogens with one attached hydrogen (secondary N) is 2. The van der Waals surface area contributed by atoms with Gasteiger partial charge in [0.15, 0.2) is 0 Å². The van der Waals surface area contributed by atoms with Crippen LogP contribution in [0.25, 0.3) is 0 Å². The van der Waals surface area contributed by atoms with Crippen LogP contribution in [0.4, 0.5) is 4.79 Å². The molecule has 25 heavy (non-hydrogen) atoms. The van der Waals surface area contributed by atoms with Gasteiger partial charge in [-0.1, -0.05) is 57.0 Å². The van der Waals surface area contributed by atoms with E-state index in [0.29, 0.717) is 0 Å². The highest BCUT2D eigenvalue weighted by molar-refractivity contribution is 5.82. The van der Waals surface area contributed by atoms with E-state index in [4.69, 9.17) is 10.5 Å². The summed E-state index contributed by atoms with van der Waals surface area (Å²) >= 11 is 0. The fourth-order valence-electron chi connectivity index (χ4n) is 2.97. The van der Waals surface area contributed by atoms with Crippen molar-refractivity contribution in [3.63, 3.8) is 0 Å². The summed E-state index contributed by atoms with van der Waals surface area (Å²) in [5.41, 5.74) is 6.85. The third-order valence-electron chi connectivity index (χ3n) is 4.63. The van der Waals surface area contributed by atoms with Crippen LogP contribution >= 0.6 is 0 Å². The second kappa shape index (κ2) is 9.42. The molecule has 2 amide bonds. The summed E-state index contributed by atoms with van der Waals surface area (Å²) in [7, 11) is 0. The maximum atomic E-state index is 12.2. The van der Waals surface area contributed by atoms with Gasteiger partial charge in [-0.05, 0) is 24.3 Å². The molecule has 0 aromatic heterocycles. The predicted octanol–water partition coefficient (Wildman–Crippen LogP) is 2.32. The predicted molar refractivity (Wildman–Crippen MR) is 96.8 cm³/mol. The number of carbonyl (C=O) groups is 2. The molecule has 0 saturated heterocycles. The highest BCUT2D eigenvalue weighted by atomic mass is 16.5. The summed E-state index contributed by atoms with van der Waals surface area (Å²) in [4.78, 5) is 24.3. The molecule has 0 spiro atoms. The summed E-state index contributed by atoms with van der Waals surface area (Å²) in [5, 5.41) is 5.89. The Kier molecular flexibility index (Phi) is 7.25. The molecule has 138 valence electrons. The van der Waals surface area contributed by atoms with Crippen molar-refractivity contribution in [3.05, 3.63) is 35.9 Å². The smallest absolute Gasteiger partial charge is 0.407 e. The van der Waals surface area contributed by atoms with Crippen LogP contribution in [0.15, 0.2) is 30.3 Å². The maximum absolute atomic E-state index is 12.2. The van der Waals surface area contributed by atoms with Gasteiger partial charge in [-0.2, -0.15) is 0 Å². The molecule has 0 radical (unpaired) electrons. The molecule has 1 aromatic rings. The minimum atomic E-state index is -0.535. The zero-order chi connectivity index (χ0) is 18.2. The Morgan fingerprint density at radius 1 is 1.12 bits per heavy atom. The van der Waals surface area contributed by atoms with E-state index in [1.165, 1.54) is 0 Å². The maximum Gasteiger partial charge on any atom is 0.407 e. The molecule has 4 N–H and O–H groups in total. The number of benzene rings is 1. The molecule has 1 aliphatic carbocycles. The van der Waals surface area contributed by atoms with Crippen molar-refractivity contribution in [1.82, 2.24) is 10.6 Å². The molecular weight excluding hydrogens is 318 g/mol. The Hall–Kier alpha value is -2.08. The van der Waals surface area contributed by atoms with Gasteiger partial charge < -0.3 is 21.1 Å². The Labute approximate surface area is 149 Å². The van der Waals surface area contributed by atoms with Gasteiger partial charge in [0.25, 0.3) is 0 Å². The van der Waals surface area contributed by atoms with Crippen molar-refractivity contribution in [2.45, 2.75) is 64.3 Å². The lowest BCUT2D eigenvalue weighted by atomic mass is 9.90. The molecule has 6 heteroatoms. The molecular formula is C19H29N3O3. The van der Waals surface area contributed by atoms with Crippen molar-refractivity contribution in [2.75, 3.05) is 0 Å². The van der Waals surface area contributed by atoms with Crippen LogP contribution in [-0.4, -0.2) is 30.1 Å². The number of rotatable bonds is 6. The van der Waals surface area contributed by atoms with Gasteiger partial charge in [-0.15, -0.1) is 0 Å². The lowest BCUT2D eigenvalue weighted by Crippen LogP contribution is -2.56. The van der Waals surface area contributed by atoms with E-state index in [9.17, 15) is 9.59 Å². The summed E-state index contributed by atoms with van der Waals surface area (Å²) in [6, 6.07) is 8.78. The highest BCUT2D eigenvalue weighted by Gasteiger charge is 2.30. The van der Waals surface area contributed by atoms with Gasteiger partial charge in [0.2, 0.25) is 5.91 Å². The molecule has 1 aromatic carbocycles. The molecule has 2 rings (SSSR count). The van der Waals surface area contributed by atoms with Crippen LogP contribution in [0.1, 0.15) is 45.1 Å². The third-order valence-corrected chi connectivity index (χ3v) is 4.63. The van der Waals surface area contributed by atoms with E-state index < -0.39 is 12.1 Å². The van der Waals surface area contributed by atoms with Crippen molar-refractivity contribution in [1.29, 1.82) is 0 Å². The number of alkyl carbamates (subject to hydrolysis) is 1. The van der Waals surface area contributed by atoms with Gasteiger partial charge in [0.1, 0.15) is 6.61 Å². The van der Waals surface area contributed by atoms with Gasteiger partial charge in [0.05, 0.1) is 12.1 Å². The minimum Gasteiger partial charge on any atom is -0.445 e. The van der Waals surface area contributed by atoms with Crippen LogP contribution in [0.2, 0.25) is 0 Å². The molecule has 0 bridgehead atoms. The van der Waals surface area contributed by atoms with Crippen LogP contribution in [0.3, 0.4) is 0 Å². The fourth-order valence-corrected chi connectivity index (χ4v) is 2.97. The van der Waals surface area contributed by atoms with Crippen LogP contribution in [0.5, 0.6) is 0 Å². The zero-order valence-electron chi connectivity index (χ0n) is 15.0. The Morgan fingerprint density at radius 3 is 2.32 bits per heavy atom.